The topological polar surface area (TPSA) is 91.7 Å². The number of carboxylic acid groups (broad SMARTS) is 1. The van der Waals surface area contributed by atoms with Crippen molar-refractivity contribution in [3.05, 3.63) is 95.5 Å². The lowest BCUT2D eigenvalue weighted by Gasteiger charge is -2.06. The Balaban J connectivity index is 0.000000248. The van der Waals surface area contributed by atoms with Gasteiger partial charge in [-0.05, 0) is 56.2 Å². The highest BCUT2D eigenvalue weighted by molar-refractivity contribution is 8.00. The highest BCUT2D eigenvalue weighted by Crippen LogP contribution is 2.36. The van der Waals surface area contributed by atoms with Crippen LogP contribution in [0.1, 0.15) is 26.0 Å². The Hall–Kier alpha value is -3.33. The summed E-state index contributed by atoms with van der Waals surface area (Å²) in [6, 6.07) is 18.2. The van der Waals surface area contributed by atoms with Crippen molar-refractivity contribution in [2.45, 2.75) is 37.3 Å². The number of nitrogens with one attached hydrogen (secondary N) is 1. The van der Waals surface area contributed by atoms with Gasteiger partial charge in [0.2, 0.25) is 0 Å². The molecule has 0 radical (unpaired) electrons. The van der Waals surface area contributed by atoms with E-state index in [1.165, 1.54) is 22.2 Å². The zero-order valence-corrected chi connectivity index (χ0v) is 23.0. The van der Waals surface area contributed by atoms with E-state index in [4.69, 9.17) is 19.9 Å². The summed E-state index contributed by atoms with van der Waals surface area (Å²) in [5.41, 5.74) is 5.27. The van der Waals surface area contributed by atoms with Gasteiger partial charge in [0, 0.05) is 22.6 Å². The second kappa shape index (κ2) is 13.8. The first-order valence-corrected chi connectivity index (χ1v) is 13.5. The van der Waals surface area contributed by atoms with Crippen molar-refractivity contribution in [1.29, 1.82) is 0 Å². The number of methoxy groups -OCH3 is 1. The lowest BCUT2D eigenvalue weighted by molar-refractivity contribution is -0.136. The average molecular weight is 537 g/mol. The van der Waals surface area contributed by atoms with Crippen molar-refractivity contribution >= 4 is 29.1 Å². The Labute approximate surface area is 226 Å². The molecule has 37 heavy (non-hydrogen) atoms. The van der Waals surface area contributed by atoms with Crippen molar-refractivity contribution in [2.24, 2.45) is 0 Å². The van der Waals surface area contributed by atoms with Gasteiger partial charge in [0.1, 0.15) is 17.0 Å². The number of ether oxygens (including phenoxy) is 1. The van der Waals surface area contributed by atoms with Crippen LogP contribution >= 0.6 is 23.1 Å². The molecule has 0 bridgehead atoms. The number of hydrogen-bond acceptors (Lipinski definition) is 7. The van der Waals surface area contributed by atoms with E-state index in [9.17, 15) is 4.79 Å². The maximum Gasteiger partial charge on any atom is 0.316 e. The number of aryl methyl sites for hydroxylation is 1. The van der Waals surface area contributed by atoms with E-state index < -0.39 is 11.2 Å². The highest BCUT2D eigenvalue weighted by atomic mass is 32.2. The molecule has 1 heterocycles. The van der Waals surface area contributed by atoms with Crippen molar-refractivity contribution in [3.8, 4) is 21.0 Å². The van der Waals surface area contributed by atoms with E-state index in [0.717, 1.165) is 44.6 Å². The SMILES string of the molecule is COC1=CC(C)=C(NCO)C=CC1.Cc1nc(-c2ccc(SC(C)C(=O)O)cc2)sc1-c1ccccc1. The van der Waals surface area contributed by atoms with E-state index in [-0.39, 0.29) is 6.73 Å². The van der Waals surface area contributed by atoms with Crippen molar-refractivity contribution < 1.29 is 19.7 Å². The second-order valence-corrected chi connectivity index (χ2v) is 10.7. The van der Waals surface area contributed by atoms with Crippen LogP contribution in [0.2, 0.25) is 0 Å². The van der Waals surface area contributed by atoms with Gasteiger partial charge in [0.15, 0.2) is 0 Å². The molecule has 0 spiro atoms. The molecule has 6 nitrogen and oxygen atoms in total. The van der Waals surface area contributed by atoms with Crippen LogP contribution in [0.4, 0.5) is 0 Å². The molecular formula is C29H32N2O4S2. The van der Waals surface area contributed by atoms with Gasteiger partial charge in [-0.15, -0.1) is 23.1 Å². The lowest BCUT2D eigenvalue weighted by Crippen LogP contribution is -2.13. The van der Waals surface area contributed by atoms with Gasteiger partial charge in [0.25, 0.3) is 0 Å². The number of thioether (sulfide) groups is 1. The highest BCUT2D eigenvalue weighted by Gasteiger charge is 2.14. The standard InChI is InChI=1S/C19H17NO2S2.C10H15NO2/c1-12-17(14-6-4-3-5-7-14)24-18(20-12)15-8-10-16(11-9-15)23-13(2)19(21)22;1-8-6-9(13-2)4-3-5-10(8)11-7-12/h3-11,13H,1-2H3,(H,21,22);3,5-6,11-12H,4,7H2,1-2H3. The van der Waals surface area contributed by atoms with Crippen molar-refractivity contribution in [1.82, 2.24) is 10.3 Å². The van der Waals surface area contributed by atoms with Crippen LogP contribution in [0.5, 0.6) is 0 Å². The number of benzene rings is 2. The van der Waals surface area contributed by atoms with Gasteiger partial charge in [-0.3, -0.25) is 4.79 Å². The summed E-state index contributed by atoms with van der Waals surface area (Å²) in [6.45, 7) is 5.65. The number of hydrogen-bond donors (Lipinski definition) is 3. The Morgan fingerprint density at radius 3 is 2.46 bits per heavy atom. The van der Waals surface area contributed by atoms with E-state index in [1.54, 1.807) is 25.4 Å². The summed E-state index contributed by atoms with van der Waals surface area (Å²) in [7, 11) is 1.66. The summed E-state index contributed by atoms with van der Waals surface area (Å²) in [5.74, 6) is 0.135. The number of thiazole rings is 1. The van der Waals surface area contributed by atoms with Gasteiger partial charge < -0.3 is 20.3 Å². The van der Waals surface area contributed by atoms with Crippen LogP contribution in [0.15, 0.2) is 94.8 Å². The van der Waals surface area contributed by atoms with Crippen molar-refractivity contribution in [3.63, 3.8) is 0 Å². The third kappa shape index (κ3) is 8.08. The molecular weight excluding hydrogens is 504 g/mol. The zero-order valence-electron chi connectivity index (χ0n) is 21.4. The monoisotopic (exact) mass is 536 g/mol. The van der Waals surface area contributed by atoms with Gasteiger partial charge in [0.05, 0.1) is 23.4 Å². The Bertz CT molecular complexity index is 1280. The summed E-state index contributed by atoms with van der Waals surface area (Å²) in [5, 5.41) is 21.1. The number of nitrogens with zero attached hydrogens (tertiary/aromatic N) is 1. The Morgan fingerprint density at radius 1 is 1.14 bits per heavy atom. The molecule has 194 valence electrons. The summed E-state index contributed by atoms with van der Waals surface area (Å²) in [4.78, 5) is 17.8. The fourth-order valence-electron chi connectivity index (χ4n) is 3.54. The van der Waals surface area contributed by atoms with Gasteiger partial charge >= 0.3 is 5.97 Å². The van der Waals surface area contributed by atoms with Gasteiger partial charge in [-0.2, -0.15) is 0 Å². The number of carbonyl (C=O) groups is 1. The molecule has 3 N–H and O–H groups in total. The average Bonchev–Trinajstić information content (AvgIpc) is 3.20. The molecule has 0 aliphatic heterocycles. The molecule has 2 aromatic carbocycles. The lowest BCUT2D eigenvalue weighted by atomic mass is 10.2. The molecule has 3 aromatic rings. The Morgan fingerprint density at radius 2 is 1.84 bits per heavy atom. The maximum atomic E-state index is 10.9. The smallest absolute Gasteiger partial charge is 0.316 e. The number of rotatable bonds is 8. The summed E-state index contributed by atoms with van der Waals surface area (Å²) >= 11 is 3.02. The first-order chi connectivity index (χ1) is 17.8. The quantitative estimate of drug-likeness (QED) is 0.220. The molecule has 1 unspecified atom stereocenters. The third-order valence-corrected chi connectivity index (χ3v) is 7.89. The molecule has 0 amide bonds. The Kier molecular flexibility index (Phi) is 10.6. The van der Waals surface area contributed by atoms with Crippen molar-refractivity contribution in [2.75, 3.05) is 13.8 Å². The largest absolute Gasteiger partial charge is 0.501 e. The number of aliphatic carboxylic acids is 1. The van der Waals surface area contributed by atoms with E-state index in [1.807, 2.05) is 74.5 Å². The number of aromatic nitrogens is 1. The number of aliphatic hydroxyl groups excluding tert-OH is 1. The molecule has 0 saturated carbocycles. The first kappa shape index (κ1) is 28.2. The van der Waals surface area contributed by atoms with Gasteiger partial charge in [-0.25, -0.2) is 4.98 Å². The van der Waals surface area contributed by atoms with Crippen LogP contribution in [-0.4, -0.2) is 40.3 Å². The minimum Gasteiger partial charge on any atom is -0.501 e. The third-order valence-electron chi connectivity index (χ3n) is 5.53. The van der Waals surface area contributed by atoms with E-state index >= 15 is 0 Å². The summed E-state index contributed by atoms with van der Waals surface area (Å²) in [6.07, 6.45) is 6.72. The van der Waals surface area contributed by atoms with E-state index in [2.05, 4.69) is 17.4 Å². The van der Waals surface area contributed by atoms with Crippen LogP contribution in [0.3, 0.4) is 0 Å². The fourth-order valence-corrected chi connectivity index (χ4v) is 5.42. The minimum absolute atomic E-state index is 0.0484. The molecule has 1 aliphatic rings. The van der Waals surface area contributed by atoms with Crippen LogP contribution in [0, 0.1) is 6.92 Å². The first-order valence-electron chi connectivity index (χ1n) is 11.8. The van der Waals surface area contributed by atoms with E-state index in [0.29, 0.717) is 0 Å². The zero-order chi connectivity index (χ0) is 26.8. The maximum absolute atomic E-state index is 10.9. The number of allylic oxidation sites excluding steroid dienone is 4. The molecule has 4 rings (SSSR count). The predicted molar refractivity (Wildman–Crippen MR) is 152 cm³/mol. The van der Waals surface area contributed by atoms with Crippen LogP contribution in [-0.2, 0) is 9.53 Å². The normalized spacial score (nSPS) is 13.7. The molecule has 1 aliphatic carbocycles. The molecule has 0 saturated heterocycles. The molecule has 1 atom stereocenters. The summed E-state index contributed by atoms with van der Waals surface area (Å²) < 4.78 is 5.15. The van der Waals surface area contributed by atoms with Gasteiger partial charge in [-0.1, -0.05) is 48.5 Å². The predicted octanol–water partition coefficient (Wildman–Crippen LogP) is 6.64. The molecule has 8 heteroatoms. The molecule has 1 aromatic heterocycles. The molecule has 0 fully saturated rings. The van der Waals surface area contributed by atoms with Crippen LogP contribution in [0.25, 0.3) is 21.0 Å². The number of aliphatic hydroxyl groups is 1. The number of carboxylic acids is 1. The second-order valence-electron chi connectivity index (χ2n) is 8.28. The van der Waals surface area contributed by atoms with Crippen LogP contribution < -0.4 is 5.32 Å². The fraction of sp³-hybridized carbons (Fsp3) is 0.241. The minimum atomic E-state index is -0.799.